The van der Waals surface area contributed by atoms with E-state index in [0.29, 0.717) is 32.5 Å². The van der Waals surface area contributed by atoms with Gasteiger partial charge in [-0.2, -0.15) is 0 Å². The number of hydrogen-bond acceptors (Lipinski definition) is 6. The van der Waals surface area contributed by atoms with Crippen LogP contribution in [0.3, 0.4) is 0 Å². The van der Waals surface area contributed by atoms with Gasteiger partial charge >= 0.3 is 0 Å². The molecule has 6 nitrogen and oxygen atoms in total. The second-order valence-corrected chi connectivity index (χ2v) is 9.43. The fourth-order valence-electron chi connectivity index (χ4n) is 4.63. The molecule has 2 saturated heterocycles. The maximum absolute atomic E-state index is 13.4. The van der Waals surface area contributed by atoms with Gasteiger partial charge in [-0.05, 0) is 37.5 Å². The van der Waals surface area contributed by atoms with E-state index in [1.807, 2.05) is 11.0 Å². The number of β-amino-alcohol motifs (C(OH)–C–C–N with tert-alkyl or cyclic N) is 2. The molecule has 2 N–H and O–H groups in total. The fraction of sp³-hybridized carbons (Fsp3) is 0.520. The molecule has 2 aliphatic rings. The Morgan fingerprint density at radius 2 is 1.73 bits per heavy atom. The van der Waals surface area contributed by atoms with Gasteiger partial charge in [0.25, 0.3) is 0 Å². The van der Waals surface area contributed by atoms with Gasteiger partial charge in [0.05, 0.1) is 18.8 Å². The lowest BCUT2D eigenvalue weighted by Gasteiger charge is -2.42. The van der Waals surface area contributed by atoms with Crippen LogP contribution in [-0.4, -0.2) is 78.9 Å². The zero-order chi connectivity index (χ0) is 23.5. The van der Waals surface area contributed by atoms with Gasteiger partial charge in [-0.1, -0.05) is 12.1 Å². The van der Waals surface area contributed by atoms with Crippen LogP contribution in [0.4, 0.5) is 14.5 Å². The molecule has 1 atom stereocenters. The van der Waals surface area contributed by atoms with Crippen LogP contribution in [0.1, 0.15) is 18.4 Å². The summed E-state index contributed by atoms with van der Waals surface area (Å²) in [6.07, 6.45) is 1.24. The molecule has 0 spiro atoms. The van der Waals surface area contributed by atoms with Crippen molar-refractivity contribution in [1.29, 1.82) is 0 Å². The van der Waals surface area contributed by atoms with Crippen molar-refractivity contribution in [3.05, 3.63) is 59.7 Å². The van der Waals surface area contributed by atoms with Crippen LogP contribution in [0.25, 0.3) is 0 Å². The zero-order valence-electron chi connectivity index (χ0n) is 19.0. The minimum Gasteiger partial charge on any atom is -0.490 e. The van der Waals surface area contributed by atoms with Crippen molar-refractivity contribution in [2.75, 3.05) is 57.4 Å². The molecule has 0 amide bonds. The summed E-state index contributed by atoms with van der Waals surface area (Å²) in [5.74, 6) is -1.47. The van der Waals surface area contributed by atoms with Crippen molar-refractivity contribution in [2.45, 2.75) is 31.0 Å². The average Bonchev–Trinajstić information content (AvgIpc) is 2.93. The molecule has 0 radical (unpaired) electrons. The summed E-state index contributed by atoms with van der Waals surface area (Å²) in [4.78, 5) is 4.28. The van der Waals surface area contributed by atoms with E-state index in [4.69, 9.17) is 9.47 Å². The van der Waals surface area contributed by atoms with Crippen LogP contribution in [0, 0.1) is 18.6 Å². The highest BCUT2D eigenvalue weighted by atomic mass is 19.1. The fourth-order valence-corrected chi connectivity index (χ4v) is 4.63. The van der Waals surface area contributed by atoms with Gasteiger partial charge < -0.3 is 24.6 Å². The lowest BCUT2D eigenvalue weighted by atomic mass is 9.90. The molecule has 2 aromatic rings. The summed E-state index contributed by atoms with van der Waals surface area (Å²) in [5, 5.41) is 22.4. The lowest BCUT2D eigenvalue weighted by molar-refractivity contribution is -0.0743. The number of benzene rings is 2. The Kier molecular flexibility index (Phi) is 7.19. The molecular formula is C25H32F2N2O4. The van der Waals surface area contributed by atoms with E-state index in [1.54, 1.807) is 0 Å². The Hall–Kier alpha value is -2.26. The van der Waals surface area contributed by atoms with Crippen molar-refractivity contribution in [3.63, 3.8) is 0 Å². The van der Waals surface area contributed by atoms with E-state index in [-0.39, 0.29) is 25.5 Å². The van der Waals surface area contributed by atoms with E-state index >= 15 is 0 Å². The van der Waals surface area contributed by atoms with Crippen molar-refractivity contribution in [3.8, 4) is 5.75 Å². The van der Waals surface area contributed by atoms with Crippen LogP contribution in [-0.2, 0) is 4.74 Å². The summed E-state index contributed by atoms with van der Waals surface area (Å²) < 4.78 is 37.9. The molecule has 2 fully saturated rings. The van der Waals surface area contributed by atoms with Crippen LogP contribution >= 0.6 is 0 Å². The molecule has 8 heteroatoms. The molecule has 0 aromatic heterocycles. The largest absolute Gasteiger partial charge is 0.490 e. The van der Waals surface area contributed by atoms with E-state index in [1.165, 1.54) is 11.3 Å². The van der Waals surface area contributed by atoms with Gasteiger partial charge in [0.15, 0.2) is 0 Å². The predicted molar refractivity (Wildman–Crippen MR) is 122 cm³/mol. The van der Waals surface area contributed by atoms with Gasteiger partial charge in [-0.3, -0.25) is 4.90 Å². The maximum Gasteiger partial charge on any atom is 0.134 e. The number of aliphatic hydroxyl groups is 2. The van der Waals surface area contributed by atoms with Crippen molar-refractivity contribution in [1.82, 2.24) is 4.90 Å². The Balaban J connectivity index is 1.34. The Morgan fingerprint density at radius 1 is 1.00 bits per heavy atom. The highest BCUT2D eigenvalue weighted by Gasteiger charge is 2.39. The van der Waals surface area contributed by atoms with Gasteiger partial charge in [-0.15, -0.1) is 0 Å². The van der Waals surface area contributed by atoms with Gasteiger partial charge in [0.1, 0.15) is 29.6 Å². The standard InChI is InChI=1S/C25H32F2N2O4/c1-19-3-2-4-22(11-19)29-7-5-24(30,6-8-29)15-28-9-10-32-17-25(31,16-28)18-33-23-13-20(26)12-21(27)14-23/h2-4,11-14,30-31H,5-10,15-18H2,1H3. The molecule has 33 heavy (non-hydrogen) atoms. The van der Waals surface area contributed by atoms with Crippen LogP contribution in [0.5, 0.6) is 5.75 Å². The third-order valence-corrected chi connectivity index (χ3v) is 6.36. The molecule has 0 bridgehead atoms. The Morgan fingerprint density at radius 3 is 2.42 bits per heavy atom. The first kappa shape index (κ1) is 23.9. The molecule has 180 valence electrons. The zero-order valence-corrected chi connectivity index (χ0v) is 19.0. The van der Waals surface area contributed by atoms with E-state index in [9.17, 15) is 19.0 Å². The summed E-state index contributed by atoms with van der Waals surface area (Å²) in [6, 6.07) is 11.3. The maximum atomic E-state index is 13.4. The normalized spacial score (nSPS) is 23.8. The number of hydrogen-bond donors (Lipinski definition) is 2. The molecule has 2 aliphatic heterocycles. The summed E-state index contributed by atoms with van der Waals surface area (Å²) >= 11 is 0. The third-order valence-electron chi connectivity index (χ3n) is 6.36. The number of piperidine rings is 1. The lowest BCUT2D eigenvalue weighted by Crippen LogP contribution is -2.55. The van der Waals surface area contributed by atoms with E-state index in [0.717, 1.165) is 31.3 Å². The number of rotatable bonds is 6. The number of ether oxygens (including phenoxy) is 2. The summed E-state index contributed by atoms with van der Waals surface area (Å²) in [7, 11) is 0. The van der Waals surface area contributed by atoms with Gasteiger partial charge in [-0.25, -0.2) is 8.78 Å². The monoisotopic (exact) mass is 462 g/mol. The van der Waals surface area contributed by atoms with Crippen LogP contribution in [0.2, 0.25) is 0 Å². The predicted octanol–water partition coefficient (Wildman–Crippen LogP) is 2.75. The van der Waals surface area contributed by atoms with Crippen LogP contribution < -0.4 is 9.64 Å². The first-order valence-corrected chi connectivity index (χ1v) is 11.4. The van der Waals surface area contributed by atoms with E-state index in [2.05, 4.69) is 30.0 Å². The molecule has 2 heterocycles. The van der Waals surface area contributed by atoms with Crippen molar-refractivity contribution < 1.29 is 28.5 Å². The Labute approximate surface area is 193 Å². The summed E-state index contributed by atoms with van der Waals surface area (Å²) in [5.41, 5.74) is 0.150. The third kappa shape index (κ3) is 6.41. The van der Waals surface area contributed by atoms with Gasteiger partial charge in [0.2, 0.25) is 0 Å². The second kappa shape index (κ2) is 9.93. The molecular weight excluding hydrogens is 430 g/mol. The minimum atomic E-state index is -1.36. The molecule has 2 aromatic carbocycles. The topological polar surface area (TPSA) is 65.4 Å². The molecule has 0 saturated carbocycles. The summed E-state index contributed by atoms with van der Waals surface area (Å²) in [6.45, 7) is 5.08. The van der Waals surface area contributed by atoms with Crippen LogP contribution in [0.15, 0.2) is 42.5 Å². The number of halogens is 2. The first-order chi connectivity index (χ1) is 15.7. The molecule has 0 aliphatic carbocycles. The van der Waals surface area contributed by atoms with E-state index < -0.39 is 22.8 Å². The van der Waals surface area contributed by atoms with Crippen molar-refractivity contribution >= 4 is 5.69 Å². The smallest absolute Gasteiger partial charge is 0.134 e. The van der Waals surface area contributed by atoms with Crippen molar-refractivity contribution in [2.24, 2.45) is 0 Å². The Bertz CT molecular complexity index is 932. The molecule has 4 rings (SSSR count). The SMILES string of the molecule is Cc1cccc(N2CCC(O)(CN3CCOCC(O)(COc4cc(F)cc(F)c4)C3)CC2)c1. The first-order valence-electron chi connectivity index (χ1n) is 11.4. The highest BCUT2D eigenvalue weighted by Crippen LogP contribution is 2.29. The number of nitrogens with zero attached hydrogens (tertiary/aromatic N) is 2. The quantitative estimate of drug-likeness (QED) is 0.689. The highest BCUT2D eigenvalue weighted by molar-refractivity contribution is 5.48. The number of aryl methyl sites for hydroxylation is 1. The average molecular weight is 463 g/mol. The molecule has 1 unspecified atom stereocenters. The van der Waals surface area contributed by atoms with Gasteiger partial charge in [0, 0.05) is 56.6 Å². The number of anilines is 1. The second-order valence-electron chi connectivity index (χ2n) is 9.43. The minimum absolute atomic E-state index is 0.0128.